The molecule has 5 rings (SSSR count). The van der Waals surface area contributed by atoms with E-state index < -0.39 is 32.5 Å². The van der Waals surface area contributed by atoms with E-state index in [2.05, 4.69) is 0 Å². The highest BCUT2D eigenvalue weighted by atomic mass is 32.2. The van der Waals surface area contributed by atoms with Crippen LogP contribution >= 0.6 is 11.3 Å². The van der Waals surface area contributed by atoms with Gasteiger partial charge in [0.2, 0.25) is 15.9 Å². The van der Waals surface area contributed by atoms with Crippen molar-refractivity contribution in [2.45, 2.75) is 38.1 Å². The number of sulfonamides is 1. The average molecular weight is 546 g/mol. The Kier molecular flexibility index (Phi) is 6.86. The van der Waals surface area contributed by atoms with Crippen LogP contribution in [0.25, 0.3) is 10.2 Å². The molecular formula is C26H25F2N3O4S2. The highest BCUT2D eigenvalue weighted by Crippen LogP contribution is 2.35. The monoisotopic (exact) mass is 545 g/mol. The first-order chi connectivity index (χ1) is 17.6. The topological polar surface area (TPSA) is 83.7 Å². The molecule has 4 aromatic rings. The Balaban J connectivity index is 1.38. The molecule has 0 N–H and O–H groups in total. The van der Waals surface area contributed by atoms with Crippen molar-refractivity contribution in [3.8, 4) is 0 Å². The second kappa shape index (κ2) is 9.96. The summed E-state index contributed by atoms with van der Waals surface area (Å²) in [6.45, 7) is 4.28. The zero-order valence-corrected chi connectivity index (χ0v) is 21.9. The number of hydrogen-bond acceptors (Lipinski definition) is 6. The molecule has 0 atom stereocenters. The van der Waals surface area contributed by atoms with Gasteiger partial charge in [-0.15, -0.1) is 0 Å². The van der Waals surface area contributed by atoms with E-state index in [1.165, 1.54) is 11.3 Å². The second-order valence-corrected chi connectivity index (χ2v) is 12.1. The average Bonchev–Trinajstić information content (AvgIpc) is 3.52. The number of aromatic nitrogens is 1. The SMILES string of the molecule is Cc1cc(C)c2nc(N(Cc3ccco3)C(=O)C3CCN(S(=O)(=O)c4ccc(F)cc4F)CC3)sc2c1. The lowest BCUT2D eigenvalue weighted by Crippen LogP contribution is -2.44. The molecule has 1 aliphatic rings. The molecule has 0 spiro atoms. The Labute approximate surface area is 217 Å². The van der Waals surface area contributed by atoms with Crippen molar-refractivity contribution in [1.29, 1.82) is 0 Å². The summed E-state index contributed by atoms with van der Waals surface area (Å²) < 4.78 is 61.0. The minimum atomic E-state index is -4.16. The fourth-order valence-corrected chi connectivity index (χ4v) is 7.32. The third kappa shape index (κ3) is 5.03. The number of piperidine rings is 1. The van der Waals surface area contributed by atoms with Crippen molar-refractivity contribution in [3.63, 3.8) is 0 Å². The van der Waals surface area contributed by atoms with E-state index in [4.69, 9.17) is 9.40 Å². The smallest absolute Gasteiger partial charge is 0.245 e. The summed E-state index contributed by atoms with van der Waals surface area (Å²) in [5, 5.41) is 0.550. The molecule has 2 aromatic heterocycles. The molecule has 1 saturated heterocycles. The van der Waals surface area contributed by atoms with Crippen molar-refractivity contribution < 1.29 is 26.4 Å². The molecule has 0 radical (unpaired) electrons. The number of amides is 1. The first-order valence-corrected chi connectivity index (χ1v) is 14.1. The van der Waals surface area contributed by atoms with Crippen LogP contribution in [0.4, 0.5) is 13.9 Å². The summed E-state index contributed by atoms with van der Waals surface area (Å²) in [4.78, 5) is 19.5. The summed E-state index contributed by atoms with van der Waals surface area (Å²) in [6.07, 6.45) is 2.07. The fraction of sp³-hybridized carbons (Fsp3) is 0.308. The number of carbonyl (C=O) groups is 1. The number of carbonyl (C=O) groups excluding carboxylic acids is 1. The van der Waals surface area contributed by atoms with Crippen molar-refractivity contribution in [3.05, 3.63) is 77.2 Å². The van der Waals surface area contributed by atoms with Gasteiger partial charge >= 0.3 is 0 Å². The quantitative estimate of drug-likeness (QED) is 0.323. The lowest BCUT2D eigenvalue weighted by Gasteiger charge is -2.32. The lowest BCUT2D eigenvalue weighted by molar-refractivity contribution is -0.123. The van der Waals surface area contributed by atoms with Gasteiger partial charge in [0.05, 0.1) is 23.0 Å². The molecule has 0 saturated carbocycles. The van der Waals surface area contributed by atoms with Crippen LogP contribution in [0.5, 0.6) is 0 Å². The number of fused-ring (bicyclic) bond motifs is 1. The Morgan fingerprint density at radius 1 is 1.16 bits per heavy atom. The van der Waals surface area contributed by atoms with E-state index in [1.807, 2.05) is 26.0 Å². The Bertz CT molecular complexity index is 1560. The van der Waals surface area contributed by atoms with Gasteiger partial charge < -0.3 is 4.42 Å². The van der Waals surface area contributed by atoms with Gasteiger partial charge in [-0.2, -0.15) is 4.31 Å². The van der Waals surface area contributed by atoms with Gasteiger partial charge in [0.15, 0.2) is 5.13 Å². The third-order valence-electron chi connectivity index (χ3n) is 6.52. The number of anilines is 1. The minimum absolute atomic E-state index is 0.0439. The molecular weight excluding hydrogens is 520 g/mol. The van der Waals surface area contributed by atoms with E-state index in [0.717, 1.165) is 37.8 Å². The molecule has 11 heteroatoms. The van der Waals surface area contributed by atoms with E-state index in [9.17, 15) is 22.0 Å². The van der Waals surface area contributed by atoms with Crippen LogP contribution in [0.15, 0.2) is 58.0 Å². The maximum atomic E-state index is 14.2. The number of rotatable bonds is 6. The number of hydrogen-bond donors (Lipinski definition) is 0. The number of nitrogens with zero attached hydrogens (tertiary/aromatic N) is 3. The lowest BCUT2D eigenvalue weighted by atomic mass is 9.96. The second-order valence-electron chi connectivity index (χ2n) is 9.18. The van der Waals surface area contributed by atoms with Crippen LogP contribution in [0.1, 0.15) is 29.7 Å². The maximum absolute atomic E-state index is 14.2. The van der Waals surface area contributed by atoms with Crippen LogP contribution < -0.4 is 4.90 Å². The van der Waals surface area contributed by atoms with Crippen molar-refractivity contribution in [2.24, 2.45) is 5.92 Å². The van der Waals surface area contributed by atoms with E-state index in [-0.39, 0.29) is 38.4 Å². The summed E-state index contributed by atoms with van der Waals surface area (Å²) >= 11 is 1.43. The molecule has 3 heterocycles. The van der Waals surface area contributed by atoms with Crippen LogP contribution in [0, 0.1) is 31.4 Å². The molecule has 7 nitrogen and oxygen atoms in total. The van der Waals surface area contributed by atoms with Crippen molar-refractivity contribution in [1.82, 2.24) is 9.29 Å². The summed E-state index contributed by atoms with van der Waals surface area (Å²) in [5.41, 5.74) is 2.97. The molecule has 1 fully saturated rings. The zero-order valence-electron chi connectivity index (χ0n) is 20.3. The van der Waals surface area contributed by atoms with E-state index >= 15 is 0 Å². The third-order valence-corrected chi connectivity index (χ3v) is 9.48. The first-order valence-electron chi connectivity index (χ1n) is 11.8. The van der Waals surface area contributed by atoms with E-state index in [1.54, 1.807) is 23.3 Å². The molecule has 0 bridgehead atoms. The van der Waals surface area contributed by atoms with Gasteiger partial charge in [0, 0.05) is 25.1 Å². The molecule has 194 valence electrons. The molecule has 2 aromatic carbocycles. The van der Waals surface area contributed by atoms with Crippen molar-refractivity contribution in [2.75, 3.05) is 18.0 Å². The van der Waals surface area contributed by atoms with Gasteiger partial charge in [-0.05, 0) is 68.1 Å². The standard InChI is InChI=1S/C26H25F2N3O4S2/c1-16-12-17(2)24-22(13-16)36-26(29-24)31(15-20-4-3-11-35-20)25(32)18-7-9-30(10-8-18)37(33,34)23-6-5-19(27)14-21(23)28/h3-6,11-14,18H,7-10,15H2,1-2H3. The van der Waals surface area contributed by atoms with Crippen LogP contribution in [0.3, 0.4) is 0 Å². The highest BCUT2D eigenvalue weighted by Gasteiger charge is 2.36. The number of furan rings is 1. The van der Waals surface area contributed by atoms with Gasteiger partial charge in [0.1, 0.15) is 22.3 Å². The van der Waals surface area contributed by atoms with E-state index in [0.29, 0.717) is 17.0 Å². The predicted molar refractivity (Wildman–Crippen MR) is 137 cm³/mol. The Hall–Kier alpha value is -3.15. The Morgan fingerprint density at radius 2 is 1.92 bits per heavy atom. The molecule has 0 unspecified atom stereocenters. The fourth-order valence-electron chi connectivity index (χ4n) is 4.66. The molecule has 1 amide bonds. The van der Waals surface area contributed by atoms with Gasteiger partial charge in [-0.1, -0.05) is 17.4 Å². The van der Waals surface area contributed by atoms with Crippen LogP contribution in [-0.2, 0) is 21.4 Å². The largest absolute Gasteiger partial charge is 0.467 e. The normalized spacial score (nSPS) is 15.4. The number of halogens is 2. The highest BCUT2D eigenvalue weighted by molar-refractivity contribution is 7.89. The van der Waals surface area contributed by atoms with Gasteiger partial charge in [-0.3, -0.25) is 9.69 Å². The predicted octanol–water partition coefficient (Wildman–Crippen LogP) is 5.42. The summed E-state index contributed by atoms with van der Waals surface area (Å²) in [5.74, 6) is -2.00. The maximum Gasteiger partial charge on any atom is 0.245 e. The van der Waals surface area contributed by atoms with Gasteiger partial charge in [0.25, 0.3) is 0 Å². The first kappa shape index (κ1) is 25.5. The Morgan fingerprint density at radius 3 is 2.59 bits per heavy atom. The summed E-state index contributed by atoms with van der Waals surface area (Å²) in [6, 6.07) is 10.0. The number of aryl methyl sites for hydroxylation is 2. The zero-order chi connectivity index (χ0) is 26.3. The molecule has 37 heavy (non-hydrogen) atoms. The summed E-state index contributed by atoms with van der Waals surface area (Å²) in [7, 11) is -4.16. The minimum Gasteiger partial charge on any atom is -0.467 e. The molecule has 1 aliphatic heterocycles. The number of benzene rings is 2. The number of thiazole rings is 1. The molecule has 0 aliphatic carbocycles. The van der Waals surface area contributed by atoms with Crippen molar-refractivity contribution >= 4 is 42.6 Å². The van der Waals surface area contributed by atoms with Crippen LogP contribution in [-0.4, -0.2) is 36.7 Å². The van der Waals surface area contributed by atoms with Gasteiger partial charge in [-0.25, -0.2) is 22.2 Å². The van der Waals surface area contributed by atoms with Crippen LogP contribution in [0.2, 0.25) is 0 Å².